The molecule has 1 aliphatic heterocycles. The lowest BCUT2D eigenvalue weighted by Crippen LogP contribution is -2.15. The highest BCUT2D eigenvalue weighted by molar-refractivity contribution is 5.47. The van der Waals surface area contributed by atoms with Crippen molar-refractivity contribution in [3.05, 3.63) is 42.6 Å². The normalized spacial score (nSPS) is 15.7. The third-order valence-corrected chi connectivity index (χ3v) is 4.21. The van der Waals surface area contributed by atoms with Crippen LogP contribution in [0.3, 0.4) is 0 Å². The molecule has 3 aromatic heterocycles. The highest BCUT2D eigenvalue weighted by Gasteiger charge is 2.23. The second-order valence-electron chi connectivity index (χ2n) is 5.82. The maximum absolute atomic E-state index is 5.44. The van der Waals surface area contributed by atoms with Gasteiger partial charge in [0.25, 0.3) is 0 Å². The van der Waals surface area contributed by atoms with E-state index in [1.165, 1.54) is 0 Å². The van der Waals surface area contributed by atoms with Crippen molar-refractivity contribution in [1.82, 2.24) is 34.7 Å². The number of nitrogens with one attached hydrogen (secondary N) is 1. The fourth-order valence-corrected chi connectivity index (χ4v) is 2.90. The number of imidazole rings is 1. The number of hydrogen-bond donors (Lipinski definition) is 1. The van der Waals surface area contributed by atoms with E-state index >= 15 is 0 Å². The van der Waals surface area contributed by atoms with Crippen LogP contribution in [0.2, 0.25) is 0 Å². The minimum atomic E-state index is 0.350. The lowest BCUT2D eigenvalue weighted by molar-refractivity contribution is 0.0835. The zero-order valence-corrected chi connectivity index (χ0v) is 13.3. The van der Waals surface area contributed by atoms with E-state index in [1.807, 2.05) is 10.9 Å². The Morgan fingerprint density at radius 3 is 2.83 bits per heavy atom. The van der Waals surface area contributed by atoms with Gasteiger partial charge in [0.05, 0.1) is 12.5 Å². The first-order valence-electron chi connectivity index (χ1n) is 8.16. The first kappa shape index (κ1) is 14.9. The Labute approximate surface area is 139 Å². The van der Waals surface area contributed by atoms with Crippen LogP contribution in [-0.2, 0) is 17.7 Å². The van der Waals surface area contributed by atoms with Gasteiger partial charge in [0.1, 0.15) is 5.69 Å². The van der Waals surface area contributed by atoms with Crippen LogP contribution in [0.5, 0.6) is 0 Å². The number of ether oxygens (including phenoxy) is 1. The van der Waals surface area contributed by atoms with Gasteiger partial charge in [-0.25, -0.2) is 19.6 Å². The first-order valence-corrected chi connectivity index (χ1v) is 8.16. The number of rotatable bonds is 5. The molecule has 1 aliphatic rings. The Hall–Kier alpha value is -2.61. The standard InChI is InChI=1S/C16H19N7O/c1(13-9-18-11-20-13)6-23-16(14-10-17-4-5-19-14)21-15(22-23)12-2-7-24-8-3-12/h4-5,9-12H,1-3,6-8H2,(H,18,20). The van der Waals surface area contributed by atoms with Crippen molar-refractivity contribution >= 4 is 0 Å². The van der Waals surface area contributed by atoms with Crippen molar-refractivity contribution < 1.29 is 4.74 Å². The molecule has 1 saturated heterocycles. The summed E-state index contributed by atoms with van der Waals surface area (Å²) in [6.45, 7) is 2.26. The van der Waals surface area contributed by atoms with E-state index in [2.05, 4.69) is 19.9 Å². The Morgan fingerprint density at radius 2 is 2.08 bits per heavy atom. The Balaban J connectivity index is 1.62. The van der Waals surface area contributed by atoms with Crippen LogP contribution in [-0.4, -0.2) is 47.9 Å². The maximum atomic E-state index is 5.44. The van der Waals surface area contributed by atoms with Gasteiger partial charge in [-0.05, 0) is 12.8 Å². The van der Waals surface area contributed by atoms with E-state index in [9.17, 15) is 0 Å². The van der Waals surface area contributed by atoms with Crippen molar-refractivity contribution in [2.45, 2.75) is 31.7 Å². The maximum Gasteiger partial charge on any atom is 0.178 e. The molecule has 0 amide bonds. The van der Waals surface area contributed by atoms with E-state index < -0.39 is 0 Å². The fourth-order valence-electron chi connectivity index (χ4n) is 2.90. The van der Waals surface area contributed by atoms with Gasteiger partial charge in [-0.15, -0.1) is 0 Å². The average molecular weight is 325 g/mol. The lowest BCUT2D eigenvalue weighted by Gasteiger charge is -2.18. The summed E-state index contributed by atoms with van der Waals surface area (Å²) in [6, 6.07) is 0. The van der Waals surface area contributed by atoms with Crippen LogP contribution in [0.4, 0.5) is 0 Å². The zero-order valence-electron chi connectivity index (χ0n) is 13.3. The van der Waals surface area contributed by atoms with Crippen LogP contribution in [0.1, 0.15) is 30.3 Å². The molecule has 0 atom stereocenters. The quantitative estimate of drug-likeness (QED) is 0.765. The number of nitrogens with zero attached hydrogens (tertiary/aromatic N) is 6. The molecule has 1 fully saturated rings. The molecule has 4 rings (SSSR count). The summed E-state index contributed by atoms with van der Waals surface area (Å²) in [7, 11) is 0. The van der Waals surface area contributed by atoms with Crippen molar-refractivity contribution in [2.75, 3.05) is 13.2 Å². The van der Waals surface area contributed by atoms with Crippen LogP contribution in [0, 0.1) is 0 Å². The third kappa shape index (κ3) is 3.18. The monoisotopic (exact) mass is 325 g/mol. The molecule has 0 radical (unpaired) electrons. The SMILES string of the molecule is c1cnc(-c2nc(C3CCOCC3)nn2CCc2cnc[nH]2)cn1. The number of aromatic nitrogens is 7. The van der Waals surface area contributed by atoms with Crippen LogP contribution < -0.4 is 0 Å². The van der Waals surface area contributed by atoms with Gasteiger partial charge in [0.2, 0.25) is 0 Å². The van der Waals surface area contributed by atoms with Crippen molar-refractivity contribution in [2.24, 2.45) is 0 Å². The molecule has 1 N–H and O–H groups in total. The summed E-state index contributed by atoms with van der Waals surface area (Å²) in [5.41, 5.74) is 1.82. The molecule has 0 saturated carbocycles. The third-order valence-electron chi connectivity index (χ3n) is 4.21. The van der Waals surface area contributed by atoms with Crippen LogP contribution >= 0.6 is 0 Å². The van der Waals surface area contributed by atoms with E-state index in [4.69, 9.17) is 14.8 Å². The molecule has 24 heavy (non-hydrogen) atoms. The minimum Gasteiger partial charge on any atom is -0.381 e. The summed E-state index contributed by atoms with van der Waals surface area (Å²) in [6.07, 6.45) is 11.3. The highest BCUT2D eigenvalue weighted by atomic mass is 16.5. The van der Waals surface area contributed by atoms with Gasteiger partial charge >= 0.3 is 0 Å². The second kappa shape index (κ2) is 6.88. The predicted molar refractivity (Wildman–Crippen MR) is 86.1 cm³/mol. The molecule has 0 bridgehead atoms. The molecule has 8 nitrogen and oxygen atoms in total. The van der Waals surface area contributed by atoms with Gasteiger partial charge in [-0.2, -0.15) is 5.10 Å². The van der Waals surface area contributed by atoms with E-state index in [0.29, 0.717) is 12.5 Å². The summed E-state index contributed by atoms with van der Waals surface area (Å²) < 4.78 is 7.37. The van der Waals surface area contributed by atoms with Crippen molar-refractivity contribution in [3.8, 4) is 11.5 Å². The molecule has 0 spiro atoms. The number of H-pyrrole nitrogens is 1. The topological polar surface area (TPSA) is 94.4 Å². The van der Waals surface area contributed by atoms with Crippen LogP contribution in [0.25, 0.3) is 11.5 Å². The summed E-state index contributed by atoms with van der Waals surface area (Å²) in [4.78, 5) is 20.5. The predicted octanol–water partition coefficient (Wildman–Crippen LogP) is 1.59. The van der Waals surface area contributed by atoms with Crippen molar-refractivity contribution in [1.29, 1.82) is 0 Å². The molecule has 0 unspecified atom stereocenters. The van der Waals surface area contributed by atoms with Gasteiger partial charge in [0, 0.05) is 56.4 Å². The first-order chi connectivity index (χ1) is 11.9. The Bertz CT molecular complexity index is 763. The summed E-state index contributed by atoms with van der Waals surface area (Å²) in [5, 5.41) is 4.76. The minimum absolute atomic E-state index is 0.350. The highest BCUT2D eigenvalue weighted by Crippen LogP contribution is 2.26. The molecule has 124 valence electrons. The number of aryl methyl sites for hydroxylation is 2. The van der Waals surface area contributed by atoms with Gasteiger partial charge in [-0.3, -0.25) is 4.98 Å². The van der Waals surface area contributed by atoms with Gasteiger partial charge in [-0.1, -0.05) is 0 Å². The van der Waals surface area contributed by atoms with Crippen LogP contribution in [0.15, 0.2) is 31.1 Å². The Morgan fingerprint density at radius 1 is 1.17 bits per heavy atom. The molecule has 0 aliphatic carbocycles. The average Bonchev–Trinajstić information content (AvgIpc) is 3.31. The van der Waals surface area contributed by atoms with Crippen molar-refractivity contribution in [3.63, 3.8) is 0 Å². The Kier molecular flexibility index (Phi) is 4.28. The van der Waals surface area contributed by atoms with E-state index in [1.54, 1.807) is 24.9 Å². The zero-order chi connectivity index (χ0) is 16.2. The van der Waals surface area contributed by atoms with E-state index in [-0.39, 0.29) is 0 Å². The molecule has 0 aromatic carbocycles. The van der Waals surface area contributed by atoms with Gasteiger partial charge < -0.3 is 9.72 Å². The molecular weight excluding hydrogens is 306 g/mol. The largest absolute Gasteiger partial charge is 0.381 e. The van der Waals surface area contributed by atoms with E-state index in [0.717, 1.165) is 55.5 Å². The molecular formula is C16H19N7O. The smallest absolute Gasteiger partial charge is 0.178 e. The molecule has 8 heteroatoms. The second-order valence-corrected chi connectivity index (χ2v) is 5.82. The summed E-state index contributed by atoms with van der Waals surface area (Å²) >= 11 is 0. The van der Waals surface area contributed by atoms with Gasteiger partial charge in [0.15, 0.2) is 11.6 Å². The summed E-state index contributed by atoms with van der Waals surface area (Å²) in [5.74, 6) is 2.00. The molecule has 4 heterocycles. The fraction of sp³-hybridized carbons (Fsp3) is 0.438. The number of hydrogen-bond acceptors (Lipinski definition) is 6. The lowest BCUT2D eigenvalue weighted by atomic mass is 10.00. The number of aromatic amines is 1. The molecule has 3 aromatic rings.